The first-order valence-electron chi connectivity index (χ1n) is 10.6. The SMILES string of the molecule is C[C@@H]1COc2cn3ncc4c3nc2N1Cc1cc(F)ccc1O[C@@H]1CC[C@@H](C1)NC4=O. The summed E-state index contributed by atoms with van der Waals surface area (Å²) in [6.07, 6.45) is 5.61. The third-order valence-corrected chi connectivity index (χ3v) is 6.35. The highest BCUT2D eigenvalue weighted by Gasteiger charge is 2.32. The van der Waals surface area contributed by atoms with Crippen molar-refractivity contribution < 1.29 is 18.7 Å². The van der Waals surface area contributed by atoms with E-state index in [2.05, 4.69) is 15.3 Å². The van der Waals surface area contributed by atoms with Crippen molar-refractivity contribution in [3.8, 4) is 11.5 Å². The first-order valence-corrected chi connectivity index (χ1v) is 10.6. The monoisotopic (exact) mass is 423 g/mol. The summed E-state index contributed by atoms with van der Waals surface area (Å²) >= 11 is 0. The van der Waals surface area contributed by atoms with Crippen LogP contribution in [-0.2, 0) is 6.54 Å². The van der Waals surface area contributed by atoms with Gasteiger partial charge in [0, 0.05) is 24.6 Å². The molecule has 3 aromatic rings. The lowest BCUT2D eigenvalue weighted by Gasteiger charge is -2.36. The lowest BCUT2D eigenvalue weighted by atomic mass is 10.1. The van der Waals surface area contributed by atoms with Gasteiger partial charge in [-0.05, 0) is 38.0 Å². The third-order valence-electron chi connectivity index (χ3n) is 6.35. The van der Waals surface area contributed by atoms with E-state index in [4.69, 9.17) is 14.5 Å². The molecule has 1 saturated carbocycles. The molecule has 0 saturated heterocycles. The van der Waals surface area contributed by atoms with E-state index < -0.39 is 0 Å². The first-order chi connectivity index (χ1) is 15.0. The predicted molar refractivity (Wildman–Crippen MR) is 110 cm³/mol. The maximum Gasteiger partial charge on any atom is 0.256 e. The summed E-state index contributed by atoms with van der Waals surface area (Å²) in [5.74, 6) is 1.36. The van der Waals surface area contributed by atoms with Crippen LogP contribution in [0.5, 0.6) is 11.5 Å². The van der Waals surface area contributed by atoms with Crippen LogP contribution in [0.3, 0.4) is 0 Å². The van der Waals surface area contributed by atoms with E-state index in [1.807, 2.05) is 6.92 Å². The van der Waals surface area contributed by atoms with E-state index in [0.29, 0.717) is 48.1 Å². The van der Waals surface area contributed by atoms with Crippen molar-refractivity contribution in [3.05, 3.63) is 47.5 Å². The molecule has 8 nitrogen and oxygen atoms in total. The second-order valence-corrected chi connectivity index (χ2v) is 8.52. The molecule has 2 aromatic heterocycles. The van der Waals surface area contributed by atoms with Gasteiger partial charge in [0.15, 0.2) is 17.2 Å². The number of nitrogens with one attached hydrogen (secondary N) is 1. The zero-order chi connectivity index (χ0) is 21.1. The highest BCUT2D eigenvalue weighted by atomic mass is 19.1. The molecule has 2 aliphatic heterocycles. The number of carbonyl (C=O) groups is 1. The summed E-state index contributed by atoms with van der Waals surface area (Å²) in [5, 5.41) is 7.40. The molecule has 0 spiro atoms. The summed E-state index contributed by atoms with van der Waals surface area (Å²) in [7, 11) is 0. The quantitative estimate of drug-likeness (QED) is 0.599. The van der Waals surface area contributed by atoms with Gasteiger partial charge in [-0.1, -0.05) is 0 Å². The normalized spacial score (nSPS) is 24.9. The van der Waals surface area contributed by atoms with E-state index in [1.54, 1.807) is 16.8 Å². The van der Waals surface area contributed by atoms with Crippen LogP contribution in [0.4, 0.5) is 10.2 Å². The van der Waals surface area contributed by atoms with Crippen molar-refractivity contribution in [2.45, 2.75) is 50.9 Å². The van der Waals surface area contributed by atoms with Crippen molar-refractivity contribution >= 4 is 17.4 Å². The minimum Gasteiger partial charge on any atom is -0.490 e. The summed E-state index contributed by atoms with van der Waals surface area (Å²) in [6.45, 7) is 2.91. The topological polar surface area (TPSA) is 81.0 Å². The van der Waals surface area contributed by atoms with Gasteiger partial charge in [0.1, 0.15) is 29.8 Å². The number of benzene rings is 1. The molecule has 0 unspecified atom stereocenters. The molecule has 3 aliphatic rings. The molecular weight excluding hydrogens is 401 g/mol. The largest absolute Gasteiger partial charge is 0.490 e. The van der Waals surface area contributed by atoms with E-state index in [-0.39, 0.29) is 29.9 Å². The lowest BCUT2D eigenvalue weighted by Crippen LogP contribution is -2.41. The molecule has 6 rings (SSSR count). The standard InChI is InChI=1S/C22H22FN5O3/c1-12-11-30-19-10-28-20-17(8-24-28)22(29)25-15-3-4-16(7-15)31-18-5-2-14(23)6-13(18)9-27(12)21(19)26-20/h2,5-6,8,10,12,15-16H,3-4,7,9,11H2,1H3,(H,25,29)/t12-,15+,16-/m1/s1. The number of anilines is 1. The number of nitrogens with zero attached hydrogens (tertiary/aromatic N) is 4. The van der Waals surface area contributed by atoms with Crippen LogP contribution in [0, 0.1) is 5.82 Å². The molecule has 9 heteroatoms. The minimum atomic E-state index is -0.303. The smallest absolute Gasteiger partial charge is 0.256 e. The first kappa shape index (κ1) is 18.4. The highest BCUT2D eigenvalue weighted by Crippen LogP contribution is 2.36. The maximum absolute atomic E-state index is 14.2. The number of carbonyl (C=O) groups excluding carboxylic acids is 1. The molecule has 3 atom stereocenters. The Balaban J connectivity index is 1.53. The van der Waals surface area contributed by atoms with Gasteiger partial charge in [0.05, 0.1) is 18.4 Å². The van der Waals surface area contributed by atoms with Gasteiger partial charge in [-0.15, -0.1) is 0 Å². The second-order valence-electron chi connectivity index (χ2n) is 8.52. The Morgan fingerprint density at radius 3 is 3.06 bits per heavy atom. The highest BCUT2D eigenvalue weighted by molar-refractivity contribution is 6.00. The van der Waals surface area contributed by atoms with E-state index >= 15 is 0 Å². The van der Waals surface area contributed by atoms with Gasteiger partial charge in [0.25, 0.3) is 5.91 Å². The molecule has 1 aliphatic carbocycles. The van der Waals surface area contributed by atoms with E-state index in [9.17, 15) is 9.18 Å². The number of halogens is 1. The zero-order valence-corrected chi connectivity index (χ0v) is 17.0. The Kier molecular flexibility index (Phi) is 4.06. The number of hydrogen-bond donors (Lipinski definition) is 1. The fourth-order valence-electron chi connectivity index (χ4n) is 4.68. The van der Waals surface area contributed by atoms with Crippen LogP contribution in [-0.4, -0.2) is 45.3 Å². The van der Waals surface area contributed by atoms with Crippen LogP contribution in [0.1, 0.15) is 42.1 Å². The summed E-state index contributed by atoms with van der Waals surface area (Å²) < 4.78 is 27.9. The molecule has 4 bridgehead atoms. The van der Waals surface area contributed by atoms with Crippen LogP contribution in [0.15, 0.2) is 30.6 Å². The van der Waals surface area contributed by atoms with E-state index in [1.165, 1.54) is 18.3 Å². The van der Waals surface area contributed by atoms with Crippen molar-refractivity contribution in [1.29, 1.82) is 0 Å². The van der Waals surface area contributed by atoms with Gasteiger partial charge in [-0.25, -0.2) is 13.9 Å². The summed E-state index contributed by atoms with van der Waals surface area (Å²) in [6, 6.07) is 4.66. The molecule has 4 heterocycles. The average Bonchev–Trinajstić information content (AvgIpc) is 3.36. The van der Waals surface area contributed by atoms with Crippen molar-refractivity contribution in [2.75, 3.05) is 11.5 Å². The Labute approximate surface area is 178 Å². The molecule has 31 heavy (non-hydrogen) atoms. The fourth-order valence-corrected chi connectivity index (χ4v) is 4.68. The molecule has 160 valence electrons. The molecule has 1 N–H and O–H groups in total. The molecular formula is C22H22FN5O3. The Morgan fingerprint density at radius 2 is 2.16 bits per heavy atom. The van der Waals surface area contributed by atoms with Gasteiger partial charge >= 0.3 is 0 Å². The zero-order valence-electron chi connectivity index (χ0n) is 17.0. The Morgan fingerprint density at radius 1 is 1.26 bits per heavy atom. The van der Waals surface area contributed by atoms with Crippen molar-refractivity contribution in [1.82, 2.24) is 19.9 Å². The second kappa shape index (κ2) is 6.83. The minimum absolute atomic E-state index is 0.00234. The number of hydrogen-bond acceptors (Lipinski definition) is 6. The van der Waals surface area contributed by atoms with Crippen LogP contribution in [0.2, 0.25) is 0 Å². The lowest BCUT2D eigenvalue weighted by molar-refractivity contribution is 0.0936. The summed E-state index contributed by atoms with van der Waals surface area (Å²) in [5.41, 5.74) is 1.66. The number of amides is 1. The number of fused-ring (bicyclic) bond motifs is 3. The van der Waals surface area contributed by atoms with Gasteiger partial charge in [0.2, 0.25) is 0 Å². The number of ether oxygens (including phenoxy) is 2. The third kappa shape index (κ3) is 3.07. The number of rotatable bonds is 0. The molecule has 1 aromatic carbocycles. The molecule has 0 radical (unpaired) electrons. The Hall–Kier alpha value is -3.36. The predicted octanol–water partition coefficient (Wildman–Crippen LogP) is 2.70. The van der Waals surface area contributed by atoms with Gasteiger partial charge in [-0.3, -0.25) is 4.79 Å². The van der Waals surface area contributed by atoms with Crippen molar-refractivity contribution in [3.63, 3.8) is 0 Å². The van der Waals surface area contributed by atoms with Crippen LogP contribution < -0.4 is 19.7 Å². The molecule has 1 amide bonds. The van der Waals surface area contributed by atoms with Crippen LogP contribution in [0.25, 0.3) is 5.65 Å². The van der Waals surface area contributed by atoms with Gasteiger partial charge < -0.3 is 19.7 Å². The maximum atomic E-state index is 14.2. The Bertz CT molecular complexity index is 1200. The van der Waals surface area contributed by atoms with Crippen molar-refractivity contribution in [2.24, 2.45) is 0 Å². The molecule has 1 fully saturated rings. The fraction of sp³-hybridized carbons (Fsp3) is 0.409. The summed E-state index contributed by atoms with van der Waals surface area (Å²) in [4.78, 5) is 19.8. The van der Waals surface area contributed by atoms with Crippen LogP contribution >= 0.6 is 0 Å². The van der Waals surface area contributed by atoms with E-state index in [0.717, 1.165) is 18.4 Å². The van der Waals surface area contributed by atoms with Gasteiger partial charge in [-0.2, -0.15) is 5.10 Å². The average molecular weight is 423 g/mol. The number of aromatic nitrogens is 3.